The van der Waals surface area contributed by atoms with Gasteiger partial charge in [-0.15, -0.1) is 0 Å². The van der Waals surface area contributed by atoms with Gasteiger partial charge in [0.2, 0.25) is 35.4 Å². The Hall–Kier alpha value is -6.97. The number of aliphatic imine (C=N–C) groups is 1. The molecule has 6 amide bonds. The highest BCUT2D eigenvalue weighted by atomic mass is 16.4. The lowest BCUT2D eigenvalue weighted by Gasteiger charge is -2.32. The maximum absolute atomic E-state index is 14.1. The van der Waals surface area contributed by atoms with Crippen LogP contribution in [0, 0.1) is 0 Å². The van der Waals surface area contributed by atoms with Gasteiger partial charge < -0.3 is 63.8 Å². The first-order valence-electron chi connectivity index (χ1n) is 22.9. The van der Waals surface area contributed by atoms with Crippen molar-refractivity contribution in [2.24, 2.45) is 16.5 Å². The van der Waals surface area contributed by atoms with Gasteiger partial charge in [0.1, 0.15) is 24.2 Å². The van der Waals surface area contributed by atoms with Gasteiger partial charge in [-0.3, -0.25) is 72.5 Å². The second-order valence-electron chi connectivity index (χ2n) is 16.9. The molecule has 14 N–H and O–H groups in total. The number of aliphatic carboxylic acids is 4. The van der Waals surface area contributed by atoms with Crippen LogP contribution < -0.4 is 43.4 Å². The molecule has 0 aliphatic carbocycles. The first kappa shape index (κ1) is 57.3. The SMILES string of the molecule is NC(N)=NCCC[C@@H]1NC(=O)[C@H](CCCCNC(=O)CN2CCN(CC(=O)O)CCN(CC(=O)O)CCN(CC(=O)O)CC2)NC(=O)[C@@H](Cc2ccccc2)NC(=O)[C@H](CC(=O)O)NC(=O)CNC1=O. The minimum Gasteiger partial charge on any atom is -0.481 e. The number of benzene rings is 1. The summed E-state index contributed by atoms with van der Waals surface area (Å²) in [4.78, 5) is 138. The van der Waals surface area contributed by atoms with Gasteiger partial charge in [0.05, 0.1) is 39.1 Å². The second kappa shape index (κ2) is 30.5. The number of carboxylic acids is 4. The van der Waals surface area contributed by atoms with E-state index in [1.54, 1.807) is 49.9 Å². The fourth-order valence-corrected chi connectivity index (χ4v) is 7.58. The number of carbonyl (C=O) groups excluding carboxylic acids is 6. The molecule has 2 fully saturated rings. The number of rotatable bonds is 21. The third-order valence-electron chi connectivity index (χ3n) is 11.2. The summed E-state index contributed by atoms with van der Waals surface area (Å²) < 4.78 is 0. The molecule has 2 saturated heterocycles. The Labute approximate surface area is 404 Å². The predicted molar refractivity (Wildman–Crippen MR) is 249 cm³/mol. The van der Waals surface area contributed by atoms with E-state index in [2.05, 4.69) is 36.9 Å². The summed E-state index contributed by atoms with van der Waals surface area (Å²) in [5, 5.41) is 53.4. The molecule has 0 aromatic heterocycles. The highest BCUT2D eigenvalue weighted by molar-refractivity contribution is 5.98. The summed E-state index contributed by atoms with van der Waals surface area (Å²) >= 11 is 0. The third kappa shape index (κ3) is 23.4. The zero-order valence-electron chi connectivity index (χ0n) is 39.0. The van der Waals surface area contributed by atoms with E-state index in [9.17, 15) is 68.4 Å². The van der Waals surface area contributed by atoms with Crippen LogP contribution >= 0.6 is 0 Å². The Bertz CT molecular complexity index is 1960. The Kier molecular flexibility index (Phi) is 25.0. The van der Waals surface area contributed by atoms with Gasteiger partial charge in [-0.2, -0.15) is 0 Å². The van der Waals surface area contributed by atoms with Crippen molar-refractivity contribution in [1.29, 1.82) is 0 Å². The van der Waals surface area contributed by atoms with E-state index < -0.39 is 96.5 Å². The van der Waals surface area contributed by atoms with Gasteiger partial charge in [0.15, 0.2) is 5.96 Å². The van der Waals surface area contributed by atoms with Gasteiger partial charge in [0, 0.05) is 71.9 Å². The number of amides is 6. The topological polar surface area (TPSA) is 401 Å². The van der Waals surface area contributed by atoms with Crippen molar-refractivity contribution >= 4 is 65.3 Å². The van der Waals surface area contributed by atoms with E-state index in [1.807, 2.05) is 0 Å². The number of guanidine groups is 1. The average Bonchev–Trinajstić information content (AvgIpc) is 3.28. The average molecular weight is 990 g/mol. The Balaban J connectivity index is 1.79. The van der Waals surface area contributed by atoms with Crippen LogP contribution in [0.5, 0.6) is 0 Å². The van der Waals surface area contributed by atoms with E-state index in [-0.39, 0.29) is 136 Å². The molecule has 0 radical (unpaired) electrons. The number of hydrogen-bond donors (Lipinski definition) is 12. The van der Waals surface area contributed by atoms with E-state index in [0.717, 1.165) is 0 Å². The monoisotopic (exact) mass is 989 g/mol. The molecular formula is C43H67N13O14. The third-order valence-corrected chi connectivity index (χ3v) is 11.2. The van der Waals surface area contributed by atoms with Crippen molar-refractivity contribution in [2.45, 2.75) is 69.1 Å². The van der Waals surface area contributed by atoms with Gasteiger partial charge in [-0.25, -0.2) is 0 Å². The van der Waals surface area contributed by atoms with Crippen LogP contribution in [0.1, 0.15) is 44.1 Å². The summed E-state index contributed by atoms with van der Waals surface area (Å²) in [7, 11) is 0. The minimum absolute atomic E-state index is 0.0153. The number of carboxylic acid groups (broad SMARTS) is 4. The molecule has 2 heterocycles. The predicted octanol–water partition coefficient (Wildman–Crippen LogP) is -5.41. The molecule has 27 heteroatoms. The first-order chi connectivity index (χ1) is 33.3. The molecular weight excluding hydrogens is 923 g/mol. The highest BCUT2D eigenvalue weighted by Crippen LogP contribution is 2.10. The molecule has 0 unspecified atom stereocenters. The van der Waals surface area contributed by atoms with Gasteiger partial charge in [0.25, 0.3) is 0 Å². The van der Waals surface area contributed by atoms with Crippen LogP contribution in [0.2, 0.25) is 0 Å². The van der Waals surface area contributed by atoms with Crippen molar-refractivity contribution < 1.29 is 68.4 Å². The smallest absolute Gasteiger partial charge is 0.317 e. The molecule has 0 saturated carbocycles. The fraction of sp³-hybridized carbons (Fsp3) is 0.605. The van der Waals surface area contributed by atoms with E-state index >= 15 is 0 Å². The number of unbranched alkanes of at least 4 members (excludes halogenated alkanes) is 1. The molecule has 27 nitrogen and oxygen atoms in total. The van der Waals surface area contributed by atoms with E-state index in [1.165, 1.54) is 0 Å². The largest absolute Gasteiger partial charge is 0.481 e. The van der Waals surface area contributed by atoms with Gasteiger partial charge in [-0.05, 0) is 37.7 Å². The number of nitrogens with two attached hydrogens (primary N) is 2. The normalized spacial score (nSPS) is 21.3. The molecule has 388 valence electrons. The quantitative estimate of drug-likeness (QED) is 0.0311. The van der Waals surface area contributed by atoms with Crippen molar-refractivity contribution in [1.82, 2.24) is 51.5 Å². The summed E-state index contributed by atoms with van der Waals surface area (Å²) in [6.07, 6.45) is -0.291. The Morgan fingerprint density at radius 3 is 1.53 bits per heavy atom. The summed E-state index contributed by atoms with van der Waals surface area (Å²) in [6.45, 7) is 0.108. The van der Waals surface area contributed by atoms with Crippen LogP contribution in [-0.4, -0.2) is 228 Å². The summed E-state index contributed by atoms with van der Waals surface area (Å²) in [5.41, 5.74) is 11.5. The van der Waals surface area contributed by atoms with Gasteiger partial charge >= 0.3 is 23.9 Å². The van der Waals surface area contributed by atoms with Crippen molar-refractivity contribution in [3.8, 4) is 0 Å². The lowest BCUT2D eigenvalue weighted by atomic mass is 10.0. The highest BCUT2D eigenvalue weighted by Gasteiger charge is 2.33. The zero-order chi connectivity index (χ0) is 51.6. The molecule has 0 bridgehead atoms. The molecule has 2 aliphatic rings. The van der Waals surface area contributed by atoms with Crippen LogP contribution in [0.25, 0.3) is 0 Å². The lowest BCUT2D eigenvalue weighted by Crippen LogP contribution is -2.58. The number of nitrogens with zero attached hydrogens (tertiary/aromatic N) is 5. The van der Waals surface area contributed by atoms with E-state index in [4.69, 9.17) is 11.5 Å². The van der Waals surface area contributed by atoms with Crippen molar-refractivity contribution in [3.05, 3.63) is 35.9 Å². The van der Waals surface area contributed by atoms with E-state index in [0.29, 0.717) is 5.56 Å². The Morgan fingerprint density at radius 1 is 0.571 bits per heavy atom. The van der Waals surface area contributed by atoms with Crippen molar-refractivity contribution in [3.63, 3.8) is 0 Å². The van der Waals surface area contributed by atoms with Crippen LogP contribution in [0.15, 0.2) is 35.3 Å². The molecule has 1 aromatic rings. The first-order valence-corrected chi connectivity index (χ1v) is 22.9. The summed E-state index contributed by atoms with van der Waals surface area (Å²) in [6, 6.07) is 2.91. The lowest BCUT2D eigenvalue weighted by molar-refractivity contribution is -0.141. The van der Waals surface area contributed by atoms with Crippen LogP contribution in [-0.2, 0) is 54.4 Å². The molecule has 4 atom stereocenters. The molecule has 3 rings (SSSR count). The zero-order valence-corrected chi connectivity index (χ0v) is 39.0. The summed E-state index contributed by atoms with van der Waals surface area (Å²) in [5.74, 6) is -9.65. The maximum Gasteiger partial charge on any atom is 0.317 e. The molecule has 2 aliphatic heterocycles. The van der Waals surface area contributed by atoms with Crippen LogP contribution in [0.3, 0.4) is 0 Å². The van der Waals surface area contributed by atoms with Gasteiger partial charge in [-0.1, -0.05) is 30.3 Å². The molecule has 1 aromatic carbocycles. The standard InChI is InChI=1S/C43H67N13O14/c44-43(45)47-12-6-10-29-39(67)48-23-33(57)49-32(22-35(59)60)42(70)52-31(21-28-7-2-1-3-8-28)41(69)51-30(40(68)50-29)9-4-5-11-46-34(58)24-53-13-15-54(25-36(61)62)17-19-56(27-38(65)66)20-18-55(16-14-53)26-37(63)64/h1-3,7-8,29-32H,4-6,9-27H2,(H,46,58)(H,48,67)(H,49,57)(H,50,68)(H,51,69)(H,52,70)(H,59,60)(H,61,62)(H,63,64)(H,65,66)(H4,44,45,47)/t29-,30-,31+,32-/m0/s1. The Morgan fingerprint density at radius 2 is 1.03 bits per heavy atom. The minimum atomic E-state index is -1.65. The molecule has 0 spiro atoms. The fourth-order valence-electron chi connectivity index (χ4n) is 7.58. The number of carbonyl (C=O) groups is 10. The van der Waals surface area contributed by atoms with Crippen molar-refractivity contribution in [2.75, 3.05) is 98.2 Å². The maximum atomic E-state index is 14.1. The number of hydrogen-bond acceptors (Lipinski definition) is 15. The molecule has 70 heavy (non-hydrogen) atoms. The number of nitrogens with one attached hydrogen (secondary N) is 6. The van der Waals surface area contributed by atoms with Crippen LogP contribution in [0.4, 0.5) is 0 Å². The second-order valence-corrected chi connectivity index (χ2v) is 16.9.